The van der Waals surface area contributed by atoms with Gasteiger partial charge < -0.3 is 24.8 Å². The number of halogens is 2. The van der Waals surface area contributed by atoms with E-state index in [2.05, 4.69) is 184 Å². The maximum absolute atomic E-state index is 3.55. The van der Waals surface area contributed by atoms with Crippen LogP contribution < -0.4 is 35.2 Å². The zero-order valence-corrected chi connectivity index (χ0v) is 42.8. The third kappa shape index (κ3) is 14.7. The molecule has 0 saturated carbocycles. The second kappa shape index (κ2) is 26.2. The molecule has 5 aromatic rings. The molecule has 306 valence electrons. The van der Waals surface area contributed by atoms with E-state index in [1.807, 2.05) is 30.3 Å². The average Bonchev–Trinajstić information content (AvgIpc) is 3.91. The Bertz CT molecular complexity index is 1660. The molecule has 0 radical (unpaired) electrons. The summed E-state index contributed by atoms with van der Waals surface area (Å²) in [5, 5.41) is 3.22. The first-order valence-corrected chi connectivity index (χ1v) is 27.4. The first kappa shape index (κ1) is 54.0. The van der Waals surface area contributed by atoms with Crippen LogP contribution in [0.2, 0.25) is 36.3 Å². The predicted octanol–water partition coefficient (Wildman–Crippen LogP) is 7.44. The van der Waals surface area contributed by atoms with Gasteiger partial charge in [0.05, 0.1) is 16.1 Å². The van der Waals surface area contributed by atoms with Crippen molar-refractivity contribution in [2.24, 2.45) is 0 Å². The van der Waals surface area contributed by atoms with Crippen molar-refractivity contribution < 1.29 is 49.0 Å². The van der Waals surface area contributed by atoms with Crippen LogP contribution in [0.5, 0.6) is 0 Å². The molecule has 0 unspecified atom stereocenters. The summed E-state index contributed by atoms with van der Waals surface area (Å²) in [6.07, 6.45) is 1.03. The molecule has 1 aliphatic carbocycles. The van der Waals surface area contributed by atoms with Crippen LogP contribution in [-0.4, -0.2) is 20.4 Å². The number of hydrogen-bond acceptors (Lipinski definition) is 0. The molecule has 0 saturated heterocycles. The molecule has 5 heteroatoms. The van der Waals surface area contributed by atoms with Gasteiger partial charge in [0.15, 0.2) is 0 Å². The molecule has 0 bridgehead atoms. The van der Waals surface area contributed by atoms with E-state index < -0.39 is 16.1 Å². The number of benzene rings is 4. The van der Waals surface area contributed by atoms with E-state index in [4.69, 9.17) is 0 Å². The minimum atomic E-state index is -1.11. The molecule has 0 amide bonds. The van der Waals surface area contributed by atoms with E-state index in [0.29, 0.717) is 0 Å². The van der Waals surface area contributed by atoms with Crippen LogP contribution in [0.3, 0.4) is 0 Å². The third-order valence-corrected chi connectivity index (χ3v) is 23.0. The fourth-order valence-corrected chi connectivity index (χ4v) is 15.0. The van der Waals surface area contributed by atoms with Crippen LogP contribution in [-0.2, 0) is 41.5 Å². The summed E-state index contributed by atoms with van der Waals surface area (Å²) in [7, 11) is -2.23. The molecule has 0 atom stereocenters. The van der Waals surface area contributed by atoms with Gasteiger partial charge in [0.2, 0.25) is 0 Å². The van der Waals surface area contributed by atoms with Gasteiger partial charge >= 0.3 is 28.4 Å². The Morgan fingerprint density at radius 3 is 1.38 bits per heavy atom. The average molecular weight is 901 g/mol. The molecule has 0 aliphatic heterocycles. The van der Waals surface area contributed by atoms with Crippen molar-refractivity contribution in [3.63, 3.8) is 0 Å². The maximum atomic E-state index is 3.55. The van der Waals surface area contributed by atoms with Crippen molar-refractivity contribution in [1.82, 2.24) is 0 Å². The molecule has 0 heterocycles. The van der Waals surface area contributed by atoms with Gasteiger partial charge in [-0.1, -0.05) is 149 Å². The Labute approximate surface area is 374 Å². The molecule has 5 aromatic carbocycles. The van der Waals surface area contributed by atoms with E-state index in [-0.39, 0.29) is 35.6 Å². The van der Waals surface area contributed by atoms with Crippen LogP contribution in [0.4, 0.5) is 0 Å². The minimum absolute atomic E-state index is 0. The van der Waals surface area contributed by atoms with Crippen LogP contribution in [0, 0.1) is 18.2 Å². The summed E-state index contributed by atoms with van der Waals surface area (Å²) in [6, 6.07) is 56.5. The Kier molecular flexibility index (Phi) is 25.2. The maximum Gasteiger partial charge on any atom is -0.172 e. The van der Waals surface area contributed by atoms with Gasteiger partial charge in [-0.25, -0.2) is 12.1 Å². The molecule has 0 N–H and O–H groups in total. The molecular formula is C51H70Cl2Si2Zr-6. The second-order valence-electron chi connectivity index (χ2n) is 16.5. The van der Waals surface area contributed by atoms with Crippen molar-refractivity contribution in [3.05, 3.63) is 150 Å². The van der Waals surface area contributed by atoms with E-state index in [0.717, 1.165) is 6.42 Å². The van der Waals surface area contributed by atoms with Gasteiger partial charge in [-0.2, -0.15) is 119 Å². The van der Waals surface area contributed by atoms with Gasteiger partial charge in [0, 0.05) is 0 Å². The van der Waals surface area contributed by atoms with Crippen molar-refractivity contribution in [2.45, 2.75) is 137 Å². The van der Waals surface area contributed by atoms with Crippen molar-refractivity contribution in [3.8, 4) is 11.1 Å². The van der Waals surface area contributed by atoms with Gasteiger partial charge in [-0.05, 0) is 23.0 Å². The minimum Gasteiger partial charge on any atom is -1.00 e. The van der Waals surface area contributed by atoms with Crippen LogP contribution in [0.25, 0.3) is 11.1 Å². The normalized spacial score (nSPS) is 11.4. The second-order valence-corrected chi connectivity index (χ2v) is 27.0. The first-order valence-electron chi connectivity index (χ1n) is 20.4. The Balaban J connectivity index is 0.000000758. The fourth-order valence-electron chi connectivity index (χ4n) is 7.78. The van der Waals surface area contributed by atoms with Crippen molar-refractivity contribution in [2.75, 3.05) is 0 Å². The van der Waals surface area contributed by atoms with Crippen molar-refractivity contribution in [1.29, 1.82) is 0 Å². The standard InChI is InChI=1S/C21H25.2C12H19Si.C5H5.CH2.2ClH.Zr/c1-20(2,3)15-11-10-14-12-18-16(17(14)13-15)8-7-9-19(18)21(4,5)6;2*1-4-13(5-2,6-3)12-10-8-7-9-11-12;1-2-4-5-3-1;;;;/h7-9,11,13H,12H2,1-6H3;2*8-11H,4-6H2,1-3H3;1-5H;1H2;2*1H;/q4*-1;;;;/p-2. The number of hydrogen-bond donors (Lipinski definition) is 0. The summed E-state index contributed by atoms with van der Waals surface area (Å²) < 4.78 is 3.34. The monoisotopic (exact) mass is 898 g/mol. The van der Waals surface area contributed by atoms with Crippen LogP contribution in [0.1, 0.15) is 105 Å². The number of rotatable bonds is 8. The quantitative estimate of drug-likeness (QED) is 0.110. The zero-order valence-electron chi connectivity index (χ0n) is 36.8. The summed E-state index contributed by atoms with van der Waals surface area (Å²) >= 11 is 1.30. The van der Waals surface area contributed by atoms with Crippen LogP contribution >= 0.6 is 0 Å². The fraction of sp³-hybridized carbons (Fsp3) is 0.412. The zero-order chi connectivity index (χ0) is 40.4. The molecule has 1 aliphatic rings. The van der Waals surface area contributed by atoms with E-state index in [9.17, 15) is 0 Å². The Morgan fingerprint density at radius 2 is 1.04 bits per heavy atom. The van der Waals surface area contributed by atoms with Crippen LogP contribution in [0.15, 0.2) is 109 Å². The molecular weight excluding hydrogens is 831 g/mol. The summed E-state index contributed by atoms with van der Waals surface area (Å²) in [4.78, 5) is 0. The summed E-state index contributed by atoms with van der Waals surface area (Å²) in [5.41, 5.74) is 8.88. The molecule has 0 aromatic heterocycles. The van der Waals surface area contributed by atoms with E-state index in [1.165, 1.54) is 93.9 Å². The van der Waals surface area contributed by atoms with Gasteiger partial charge in [-0.15, -0.1) is 5.56 Å². The Hall–Kier alpha value is -2.00. The summed E-state index contributed by atoms with van der Waals surface area (Å²) in [5.74, 6) is 0. The largest absolute Gasteiger partial charge is 1.00 e. The Morgan fingerprint density at radius 1 is 0.607 bits per heavy atom. The first-order chi connectivity index (χ1) is 25.8. The molecule has 0 nitrogen and oxygen atoms in total. The molecule has 56 heavy (non-hydrogen) atoms. The van der Waals surface area contributed by atoms with Crippen molar-refractivity contribution >= 4 is 30.7 Å². The van der Waals surface area contributed by atoms with Gasteiger partial charge in [0.1, 0.15) is 0 Å². The summed E-state index contributed by atoms with van der Waals surface area (Å²) in [6.45, 7) is 27.8. The molecule has 6 rings (SSSR count). The van der Waals surface area contributed by atoms with E-state index >= 15 is 0 Å². The predicted molar refractivity (Wildman–Crippen MR) is 244 cm³/mol. The SMILES string of the molecule is CC(C)(C)c1c[c-]c2c(c1)-c1cccc(C(C)(C)C)c1C2.CC[Si](CC)(CC)c1cc[c-]cc1.CC[Si](CC)(CC)c1cc[c-]cc1.[CH2]=[Zr].[Cl-].[Cl-].c1cc[cH-]c1. The van der Waals surface area contributed by atoms with Gasteiger partial charge in [-0.3, -0.25) is 0 Å². The van der Waals surface area contributed by atoms with E-state index in [1.54, 1.807) is 10.4 Å². The third-order valence-electron chi connectivity index (χ3n) is 11.8. The molecule has 0 fully saturated rings. The smallest absolute Gasteiger partial charge is 0.172 e. The number of fused-ring (bicyclic) bond motifs is 3. The molecule has 0 spiro atoms. The topological polar surface area (TPSA) is 0 Å². The van der Waals surface area contributed by atoms with Gasteiger partial charge in [0.25, 0.3) is 0 Å².